The molecule has 2 heterocycles. The van der Waals surface area contributed by atoms with Gasteiger partial charge in [0.25, 0.3) is 5.91 Å². The molecule has 0 radical (unpaired) electrons. The van der Waals surface area contributed by atoms with Crippen molar-refractivity contribution in [1.82, 2.24) is 9.80 Å². The molecule has 0 unspecified atom stereocenters. The van der Waals surface area contributed by atoms with Gasteiger partial charge in [0.15, 0.2) is 0 Å². The first-order valence-electron chi connectivity index (χ1n) is 11.6. The van der Waals surface area contributed by atoms with Crippen LogP contribution in [0.1, 0.15) is 37.7 Å². The van der Waals surface area contributed by atoms with Gasteiger partial charge in [0.05, 0.1) is 0 Å². The zero-order valence-corrected chi connectivity index (χ0v) is 18.0. The van der Waals surface area contributed by atoms with E-state index in [4.69, 9.17) is 4.99 Å². The van der Waals surface area contributed by atoms with Crippen LogP contribution in [0.15, 0.2) is 53.5 Å². The Labute approximate surface area is 186 Å². The van der Waals surface area contributed by atoms with E-state index in [9.17, 15) is 14.0 Å². The minimum absolute atomic E-state index is 0.113. The van der Waals surface area contributed by atoms with Gasteiger partial charge in [-0.1, -0.05) is 36.4 Å². The number of benzene rings is 2. The molecule has 1 spiro atoms. The molecule has 2 aliphatic heterocycles. The van der Waals surface area contributed by atoms with Gasteiger partial charge in [0.2, 0.25) is 5.91 Å². The summed E-state index contributed by atoms with van der Waals surface area (Å²) < 4.78 is 13.2. The van der Waals surface area contributed by atoms with Gasteiger partial charge in [-0.3, -0.25) is 19.5 Å². The molecule has 2 saturated carbocycles. The lowest BCUT2D eigenvalue weighted by Gasteiger charge is -2.23. The number of aliphatic imine (C=N–C) groups is 1. The Bertz CT molecular complexity index is 1100. The zero-order chi connectivity index (χ0) is 21.9. The third kappa shape index (κ3) is 3.42. The molecule has 6 heteroatoms. The number of rotatable bonds is 5. The molecule has 5 nitrogen and oxygen atoms in total. The third-order valence-corrected chi connectivity index (χ3v) is 7.23. The molecule has 164 valence electrons. The van der Waals surface area contributed by atoms with Gasteiger partial charge in [-0.15, -0.1) is 0 Å². The molecule has 0 aromatic heterocycles. The summed E-state index contributed by atoms with van der Waals surface area (Å²) in [6.45, 7) is 2.16. The topological polar surface area (TPSA) is 53.0 Å². The fourth-order valence-electron chi connectivity index (χ4n) is 4.97. The van der Waals surface area contributed by atoms with Crippen LogP contribution in [0.2, 0.25) is 0 Å². The number of halogens is 1. The molecule has 2 amide bonds. The number of carbonyl (C=O) groups excluding carboxylic acids is 2. The summed E-state index contributed by atoms with van der Waals surface area (Å²) in [6, 6.07) is 14.4. The fourth-order valence-corrected chi connectivity index (χ4v) is 4.97. The maximum atomic E-state index is 13.2. The van der Waals surface area contributed by atoms with Gasteiger partial charge < -0.3 is 4.90 Å². The van der Waals surface area contributed by atoms with Crippen molar-refractivity contribution in [3.8, 4) is 11.1 Å². The molecular formula is C26H26FN3O2. The smallest absolute Gasteiger partial charge is 0.256 e. The first kappa shape index (κ1) is 19.6. The molecule has 4 aliphatic rings. The monoisotopic (exact) mass is 431 g/mol. The van der Waals surface area contributed by atoms with Crippen LogP contribution in [0.25, 0.3) is 11.1 Å². The summed E-state index contributed by atoms with van der Waals surface area (Å²) in [7, 11) is 0. The SMILES string of the molecule is O=C(C1CC1)N1CC[C@@H](CN2C(=O)C3(CC3)N=C2c2ccc(-c3ccc(F)cc3)cc2)C1. The van der Waals surface area contributed by atoms with E-state index in [0.717, 1.165) is 67.7 Å². The zero-order valence-electron chi connectivity index (χ0n) is 18.0. The standard InChI is InChI=1S/C26H26FN3O2/c27-22-9-7-19(8-10-22)18-1-3-20(4-2-18)23-28-26(12-13-26)25(32)30(23)16-17-11-14-29(15-17)24(31)21-5-6-21/h1-4,7-10,17,21H,5-6,11-16H2/t17-/m1/s1. The maximum Gasteiger partial charge on any atom is 0.256 e. The Kier molecular flexibility index (Phi) is 4.46. The normalized spacial score (nSPS) is 23.7. The Hall–Kier alpha value is -3.02. The molecule has 32 heavy (non-hydrogen) atoms. The van der Waals surface area contributed by atoms with E-state index in [0.29, 0.717) is 18.4 Å². The summed E-state index contributed by atoms with van der Waals surface area (Å²) in [5.74, 6) is 1.45. The predicted molar refractivity (Wildman–Crippen MR) is 119 cm³/mol. The first-order valence-corrected chi connectivity index (χ1v) is 11.6. The maximum absolute atomic E-state index is 13.2. The van der Waals surface area contributed by atoms with Gasteiger partial charge >= 0.3 is 0 Å². The Morgan fingerprint density at radius 3 is 2.22 bits per heavy atom. The van der Waals surface area contributed by atoms with Crippen LogP contribution in [0, 0.1) is 17.7 Å². The highest BCUT2D eigenvalue weighted by atomic mass is 19.1. The van der Waals surface area contributed by atoms with E-state index < -0.39 is 5.54 Å². The van der Waals surface area contributed by atoms with E-state index in [1.54, 1.807) is 12.1 Å². The molecule has 3 fully saturated rings. The Morgan fingerprint density at radius 2 is 1.59 bits per heavy atom. The van der Waals surface area contributed by atoms with Crippen LogP contribution in [-0.4, -0.2) is 52.6 Å². The van der Waals surface area contributed by atoms with Crippen molar-refractivity contribution in [2.24, 2.45) is 16.8 Å². The molecule has 1 atom stereocenters. The number of hydrogen-bond donors (Lipinski definition) is 0. The molecule has 2 aliphatic carbocycles. The number of amidine groups is 1. The summed E-state index contributed by atoms with van der Waals surface area (Å²) in [5, 5.41) is 0. The largest absolute Gasteiger partial charge is 0.342 e. The van der Waals surface area contributed by atoms with Gasteiger partial charge in [0.1, 0.15) is 17.2 Å². The lowest BCUT2D eigenvalue weighted by molar-refractivity contribution is -0.131. The highest BCUT2D eigenvalue weighted by Crippen LogP contribution is 2.46. The van der Waals surface area contributed by atoms with Gasteiger partial charge in [0, 0.05) is 31.1 Å². The summed E-state index contributed by atoms with van der Waals surface area (Å²) in [5.41, 5.74) is 2.32. The second-order valence-corrected chi connectivity index (χ2v) is 9.68. The van der Waals surface area contributed by atoms with E-state index in [1.165, 1.54) is 12.1 Å². The predicted octanol–water partition coefficient (Wildman–Crippen LogP) is 3.87. The molecule has 6 rings (SSSR count). The first-order chi connectivity index (χ1) is 15.5. The fraction of sp³-hybridized carbons (Fsp3) is 0.423. The van der Waals surface area contributed by atoms with Crippen LogP contribution in [0.5, 0.6) is 0 Å². The molecule has 0 N–H and O–H groups in total. The lowest BCUT2D eigenvalue weighted by atomic mass is 10.0. The number of hydrogen-bond acceptors (Lipinski definition) is 3. The molecule has 0 bridgehead atoms. The van der Waals surface area contributed by atoms with Crippen molar-refractivity contribution < 1.29 is 14.0 Å². The highest BCUT2D eigenvalue weighted by Gasteiger charge is 2.57. The van der Waals surface area contributed by atoms with Crippen molar-refractivity contribution in [2.45, 2.75) is 37.6 Å². The summed E-state index contributed by atoms with van der Waals surface area (Å²) in [6.07, 6.45) is 4.62. The van der Waals surface area contributed by atoms with Crippen molar-refractivity contribution in [3.63, 3.8) is 0 Å². The van der Waals surface area contributed by atoms with Crippen LogP contribution in [-0.2, 0) is 9.59 Å². The third-order valence-electron chi connectivity index (χ3n) is 7.23. The molecule has 2 aromatic carbocycles. The summed E-state index contributed by atoms with van der Waals surface area (Å²) >= 11 is 0. The van der Waals surface area contributed by atoms with Crippen LogP contribution in [0.3, 0.4) is 0 Å². The second kappa shape index (κ2) is 7.26. The minimum Gasteiger partial charge on any atom is -0.342 e. The van der Waals surface area contributed by atoms with Crippen LogP contribution < -0.4 is 0 Å². The van der Waals surface area contributed by atoms with Gasteiger partial charge in [-0.05, 0) is 61.3 Å². The Balaban J connectivity index is 1.21. The van der Waals surface area contributed by atoms with Crippen molar-refractivity contribution in [3.05, 3.63) is 59.9 Å². The number of nitrogens with zero attached hydrogens (tertiary/aromatic N) is 3. The van der Waals surface area contributed by atoms with E-state index >= 15 is 0 Å². The quantitative estimate of drug-likeness (QED) is 0.722. The van der Waals surface area contributed by atoms with Gasteiger partial charge in [-0.25, -0.2) is 4.39 Å². The Morgan fingerprint density at radius 1 is 0.969 bits per heavy atom. The van der Waals surface area contributed by atoms with E-state index in [-0.39, 0.29) is 17.6 Å². The highest BCUT2D eigenvalue weighted by molar-refractivity contribution is 6.16. The number of likely N-dealkylation sites (tertiary alicyclic amines) is 1. The molecule has 2 aromatic rings. The van der Waals surface area contributed by atoms with Gasteiger partial charge in [-0.2, -0.15) is 0 Å². The van der Waals surface area contributed by atoms with E-state index in [2.05, 4.69) is 0 Å². The minimum atomic E-state index is -0.549. The van der Waals surface area contributed by atoms with Crippen molar-refractivity contribution in [2.75, 3.05) is 19.6 Å². The van der Waals surface area contributed by atoms with Crippen molar-refractivity contribution in [1.29, 1.82) is 0 Å². The molecular weight excluding hydrogens is 405 g/mol. The number of amides is 2. The summed E-state index contributed by atoms with van der Waals surface area (Å²) in [4.78, 5) is 34.4. The number of carbonyl (C=O) groups is 2. The second-order valence-electron chi connectivity index (χ2n) is 9.68. The lowest BCUT2D eigenvalue weighted by Crippen LogP contribution is -2.40. The van der Waals surface area contributed by atoms with Crippen LogP contribution >= 0.6 is 0 Å². The van der Waals surface area contributed by atoms with E-state index in [1.807, 2.05) is 34.1 Å². The van der Waals surface area contributed by atoms with Crippen molar-refractivity contribution >= 4 is 17.6 Å². The molecule has 1 saturated heterocycles. The average molecular weight is 432 g/mol. The van der Waals surface area contributed by atoms with Crippen LogP contribution in [0.4, 0.5) is 4.39 Å². The average Bonchev–Trinajstić information content (AvgIpc) is 3.73.